The number of alkyl halides is 3. The molecular formula is C23H23F3N6O3S. The largest absolute Gasteiger partial charge is 0.435 e. The quantitative estimate of drug-likeness (QED) is 0.454. The van der Waals surface area contributed by atoms with Crippen LogP contribution in [0.2, 0.25) is 0 Å². The van der Waals surface area contributed by atoms with Crippen LogP contribution in [0.1, 0.15) is 58.2 Å². The first-order valence-electron chi connectivity index (χ1n) is 11.0. The van der Waals surface area contributed by atoms with Crippen molar-refractivity contribution in [2.45, 2.75) is 50.1 Å². The summed E-state index contributed by atoms with van der Waals surface area (Å²) in [4.78, 5) is 22.1. The zero-order valence-corrected chi connectivity index (χ0v) is 20.5. The summed E-state index contributed by atoms with van der Waals surface area (Å²) < 4.78 is 66.0. The minimum Gasteiger partial charge on any atom is -0.416 e. The molecule has 2 heterocycles. The number of rotatable bonds is 6. The number of ether oxygens (including phenoxy) is 1. The Hall–Kier alpha value is -3.61. The second-order valence-corrected chi connectivity index (χ2v) is 10.8. The first-order valence-corrected chi connectivity index (χ1v) is 12.9. The van der Waals surface area contributed by atoms with Gasteiger partial charge in [0.2, 0.25) is 5.88 Å². The monoisotopic (exact) mass is 520 g/mol. The Morgan fingerprint density at radius 2 is 1.92 bits per heavy atom. The highest BCUT2D eigenvalue weighted by Crippen LogP contribution is 2.37. The maximum absolute atomic E-state index is 13.5. The summed E-state index contributed by atoms with van der Waals surface area (Å²) in [5.74, 6) is -1.12. The molecule has 36 heavy (non-hydrogen) atoms. The van der Waals surface area contributed by atoms with E-state index in [1.54, 1.807) is 13.1 Å². The average Bonchev–Trinajstić information content (AvgIpc) is 2.73. The van der Waals surface area contributed by atoms with Crippen LogP contribution in [0.15, 0.2) is 35.4 Å². The maximum Gasteiger partial charge on any atom is 0.435 e. The summed E-state index contributed by atoms with van der Waals surface area (Å²) in [7, 11) is -3.08. The Labute approximate surface area is 205 Å². The standard InChI is InChI=1S/C23H23F3N6O3S/c1-12-18(20(33)30-15-8-5-9-16(10-15)36(3,27)34)22(32-31-19(12)23(24,25)26)35-21-13(2)29-17(11-28-21)14-6-4-7-14/h5,8-11,14,27H,4,6-7H2,1-3H3,(H,30,33). The molecule has 0 spiro atoms. The molecule has 190 valence electrons. The number of halogens is 3. The normalized spacial score (nSPS) is 15.6. The lowest BCUT2D eigenvalue weighted by atomic mass is 9.83. The molecular weight excluding hydrogens is 497 g/mol. The van der Waals surface area contributed by atoms with Gasteiger partial charge in [0.1, 0.15) is 11.3 Å². The summed E-state index contributed by atoms with van der Waals surface area (Å²) >= 11 is 0. The molecule has 1 amide bonds. The van der Waals surface area contributed by atoms with Gasteiger partial charge in [0.15, 0.2) is 5.69 Å². The van der Waals surface area contributed by atoms with E-state index >= 15 is 0 Å². The number of benzene rings is 1. The molecule has 9 nitrogen and oxygen atoms in total. The van der Waals surface area contributed by atoms with Gasteiger partial charge in [-0.1, -0.05) is 12.5 Å². The Morgan fingerprint density at radius 1 is 1.19 bits per heavy atom. The molecule has 1 atom stereocenters. The van der Waals surface area contributed by atoms with E-state index in [2.05, 4.69) is 25.5 Å². The molecule has 0 bridgehead atoms. The van der Waals surface area contributed by atoms with E-state index in [0.717, 1.165) is 31.9 Å². The molecule has 1 aliphatic carbocycles. The highest BCUT2D eigenvalue weighted by atomic mass is 32.2. The van der Waals surface area contributed by atoms with Crippen LogP contribution in [-0.4, -0.2) is 36.5 Å². The van der Waals surface area contributed by atoms with Gasteiger partial charge in [0.05, 0.1) is 21.6 Å². The van der Waals surface area contributed by atoms with Gasteiger partial charge >= 0.3 is 6.18 Å². The van der Waals surface area contributed by atoms with E-state index in [0.29, 0.717) is 11.6 Å². The lowest BCUT2D eigenvalue weighted by molar-refractivity contribution is -0.142. The maximum atomic E-state index is 13.5. The number of hydrogen-bond acceptors (Lipinski definition) is 8. The van der Waals surface area contributed by atoms with Gasteiger partial charge in [-0.3, -0.25) is 9.78 Å². The number of hydrogen-bond donors (Lipinski definition) is 2. The molecule has 0 aliphatic heterocycles. The van der Waals surface area contributed by atoms with Crippen molar-refractivity contribution in [1.82, 2.24) is 20.2 Å². The minimum absolute atomic E-state index is 0.0116. The minimum atomic E-state index is -4.86. The highest BCUT2D eigenvalue weighted by Gasteiger charge is 2.38. The molecule has 1 fully saturated rings. The SMILES string of the molecule is Cc1nc(C2CCC2)cnc1Oc1nnc(C(F)(F)F)c(C)c1C(=O)Nc1cccc(S(C)(=N)=O)c1. The number of aryl methyl sites for hydroxylation is 1. The van der Waals surface area contributed by atoms with Crippen LogP contribution in [0, 0.1) is 18.6 Å². The van der Waals surface area contributed by atoms with Gasteiger partial charge in [-0.2, -0.15) is 13.2 Å². The second-order valence-electron chi connectivity index (χ2n) is 8.59. The van der Waals surface area contributed by atoms with Crippen LogP contribution in [0.25, 0.3) is 0 Å². The Kier molecular flexibility index (Phi) is 6.69. The van der Waals surface area contributed by atoms with Crippen LogP contribution in [0.3, 0.4) is 0 Å². The molecule has 3 aromatic rings. The molecule has 0 saturated heterocycles. The number of nitrogens with one attached hydrogen (secondary N) is 2. The number of carbonyl (C=O) groups excluding carboxylic acids is 1. The van der Waals surface area contributed by atoms with Crippen molar-refractivity contribution in [2.24, 2.45) is 0 Å². The van der Waals surface area contributed by atoms with E-state index in [-0.39, 0.29) is 16.5 Å². The average molecular weight is 521 g/mol. The van der Waals surface area contributed by atoms with Gasteiger partial charge in [-0.15, -0.1) is 10.2 Å². The lowest BCUT2D eigenvalue weighted by Gasteiger charge is -2.24. The Morgan fingerprint density at radius 3 is 2.50 bits per heavy atom. The van der Waals surface area contributed by atoms with Crippen molar-refractivity contribution in [3.8, 4) is 11.8 Å². The number of carbonyl (C=O) groups is 1. The van der Waals surface area contributed by atoms with Crippen LogP contribution < -0.4 is 10.1 Å². The number of nitrogens with zero attached hydrogens (tertiary/aromatic N) is 4. The summed E-state index contributed by atoms with van der Waals surface area (Å²) in [5, 5.41) is 9.27. The molecule has 1 unspecified atom stereocenters. The van der Waals surface area contributed by atoms with Gasteiger partial charge < -0.3 is 10.1 Å². The molecule has 0 radical (unpaired) electrons. The fraction of sp³-hybridized carbons (Fsp3) is 0.348. The smallest absolute Gasteiger partial charge is 0.416 e. The van der Waals surface area contributed by atoms with Crippen molar-refractivity contribution in [3.05, 3.63) is 58.7 Å². The van der Waals surface area contributed by atoms with E-state index in [9.17, 15) is 22.2 Å². The molecule has 2 aromatic heterocycles. The number of aromatic nitrogens is 4. The molecule has 2 N–H and O–H groups in total. The molecule has 1 aliphatic rings. The van der Waals surface area contributed by atoms with Gasteiger partial charge in [-0.25, -0.2) is 14.0 Å². The van der Waals surface area contributed by atoms with Crippen molar-refractivity contribution in [3.63, 3.8) is 0 Å². The van der Waals surface area contributed by atoms with E-state index in [1.807, 2.05) is 0 Å². The zero-order valence-electron chi connectivity index (χ0n) is 19.6. The van der Waals surface area contributed by atoms with E-state index in [4.69, 9.17) is 9.52 Å². The Balaban J connectivity index is 1.72. The summed E-state index contributed by atoms with van der Waals surface area (Å²) in [5.41, 5.74) is -0.977. The fourth-order valence-electron chi connectivity index (χ4n) is 3.70. The van der Waals surface area contributed by atoms with Gasteiger partial charge in [0.25, 0.3) is 11.8 Å². The topological polar surface area (TPSA) is 131 Å². The van der Waals surface area contributed by atoms with Crippen molar-refractivity contribution in [2.75, 3.05) is 11.6 Å². The molecule has 1 saturated carbocycles. The third-order valence-corrected chi connectivity index (χ3v) is 7.01. The van der Waals surface area contributed by atoms with Crippen molar-refractivity contribution >= 4 is 21.3 Å². The Bertz CT molecular complexity index is 1440. The first kappa shape index (κ1) is 25.5. The molecule has 13 heteroatoms. The van der Waals surface area contributed by atoms with Crippen LogP contribution in [0.5, 0.6) is 11.8 Å². The predicted molar refractivity (Wildman–Crippen MR) is 125 cm³/mol. The third kappa shape index (κ3) is 5.30. The van der Waals surface area contributed by atoms with Crippen molar-refractivity contribution in [1.29, 1.82) is 4.78 Å². The van der Waals surface area contributed by atoms with Crippen LogP contribution >= 0.6 is 0 Å². The van der Waals surface area contributed by atoms with Gasteiger partial charge in [0, 0.05) is 22.8 Å². The van der Waals surface area contributed by atoms with Crippen LogP contribution in [-0.2, 0) is 15.9 Å². The molecule has 1 aromatic carbocycles. The van der Waals surface area contributed by atoms with Crippen molar-refractivity contribution < 1.29 is 26.9 Å². The fourth-order valence-corrected chi connectivity index (χ4v) is 4.39. The highest BCUT2D eigenvalue weighted by molar-refractivity contribution is 7.91. The van der Waals surface area contributed by atoms with Gasteiger partial charge in [-0.05, 0) is 50.5 Å². The summed E-state index contributed by atoms with van der Waals surface area (Å²) in [6.45, 7) is 2.74. The van der Waals surface area contributed by atoms with E-state index in [1.165, 1.54) is 30.5 Å². The van der Waals surface area contributed by atoms with Crippen LogP contribution in [0.4, 0.5) is 18.9 Å². The second kappa shape index (κ2) is 9.45. The first-order chi connectivity index (χ1) is 16.8. The third-order valence-electron chi connectivity index (χ3n) is 5.86. The zero-order chi connectivity index (χ0) is 26.3. The van der Waals surface area contributed by atoms with E-state index < -0.39 is 44.5 Å². The number of anilines is 1. The molecule has 4 rings (SSSR count). The lowest BCUT2D eigenvalue weighted by Crippen LogP contribution is -2.21. The predicted octanol–water partition coefficient (Wildman–Crippen LogP) is 5.25. The number of amides is 1. The summed E-state index contributed by atoms with van der Waals surface area (Å²) in [6, 6.07) is 5.70. The summed E-state index contributed by atoms with van der Waals surface area (Å²) in [6.07, 6.45) is 1.04.